The van der Waals surface area contributed by atoms with E-state index in [1.54, 1.807) is 6.20 Å². The van der Waals surface area contributed by atoms with Crippen molar-refractivity contribution in [3.8, 4) is 11.3 Å². The van der Waals surface area contributed by atoms with Crippen LogP contribution in [-0.2, 0) is 4.79 Å². The number of halogens is 1. The Balaban J connectivity index is 1.63. The van der Waals surface area contributed by atoms with Gasteiger partial charge in [0.1, 0.15) is 5.82 Å². The van der Waals surface area contributed by atoms with E-state index >= 15 is 0 Å². The molecule has 0 aliphatic carbocycles. The summed E-state index contributed by atoms with van der Waals surface area (Å²) in [5.41, 5.74) is 2.47. The Labute approximate surface area is 180 Å². The normalized spacial score (nSPS) is 22.0. The van der Waals surface area contributed by atoms with E-state index in [-0.39, 0.29) is 11.3 Å². The lowest BCUT2D eigenvalue weighted by molar-refractivity contribution is -0.116. The highest BCUT2D eigenvalue weighted by Gasteiger charge is 2.23. The van der Waals surface area contributed by atoms with Gasteiger partial charge in [0, 0.05) is 25.2 Å². The number of nitrogens with one attached hydrogen (secondary N) is 1. The molecule has 4 rings (SSSR count). The third-order valence-corrected chi connectivity index (χ3v) is 6.45. The number of hydrogen-bond donors (Lipinski definition) is 1. The van der Waals surface area contributed by atoms with E-state index in [4.69, 9.17) is 16.6 Å². The average molecular weight is 430 g/mol. The number of aromatic nitrogens is 2. The molecule has 1 atom stereocenters. The third kappa shape index (κ3) is 4.74. The molecule has 2 aliphatic rings. The van der Waals surface area contributed by atoms with E-state index in [2.05, 4.69) is 27.1 Å². The summed E-state index contributed by atoms with van der Waals surface area (Å²) in [4.78, 5) is 26.6. The van der Waals surface area contributed by atoms with Crippen molar-refractivity contribution in [2.45, 2.75) is 18.7 Å². The zero-order chi connectivity index (χ0) is 20.4. The molecule has 1 N–H and O–H groups in total. The number of thioether (sulfide) groups is 1. The van der Waals surface area contributed by atoms with Gasteiger partial charge in [0.25, 0.3) is 5.91 Å². The fraction of sp³-hybridized carbons (Fsp3) is 0.381. The first-order valence-corrected chi connectivity index (χ1v) is 11.0. The molecular formula is C21H24ClN5OS. The number of carbonyl (C=O) groups is 1. The molecule has 2 fully saturated rings. The van der Waals surface area contributed by atoms with Gasteiger partial charge in [-0.25, -0.2) is 4.98 Å². The smallest absolute Gasteiger partial charge is 0.258 e. The van der Waals surface area contributed by atoms with Crippen LogP contribution in [0.15, 0.2) is 35.5 Å². The lowest BCUT2D eigenvalue weighted by Gasteiger charge is -2.21. The van der Waals surface area contributed by atoms with Crippen LogP contribution < -0.4 is 10.2 Å². The maximum absolute atomic E-state index is 12.0. The summed E-state index contributed by atoms with van der Waals surface area (Å²) in [7, 11) is 2.15. The molecule has 152 valence electrons. The molecule has 0 saturated carbocycles. The van der Waals surface area contributed by atoms with Gasteiger partial charge in [0.2, 0.25) is 0 Å². The third-order valence-electron chi connectivity index (χ3n) is 5.09. The van der Waals surface area contributed by atoms with Crippen molar-refractivity contribution >= 4 is 41.2 Å². The van der Waals surface area contributed by atoms with E-state index in [1.165, 1.54) is 11.8 Å². The topological polar surface area (TPSA) is 61.4 Å². The van der Waals surface area contributed by atoms with Gasteiger partial charge < -0.3 is 15.1 Å². The molecule has 1 aromatic carbocycles. The predicted molar refractivity (Wildman–Crippen MR) is 120 cm³/mol. The van der Waals surface area contributed by atoms with Crippen LogP contribution in [0, 0.1) is 0 Å². The van der Waals surface area contributed by atoms with Gasteiger partial charge in [-0.05, 0) is 50.7 Å². The number of benzene rings is 1. The molecule has 3 heterocycles. The van der Waals surface area contributed by atoms with Crippen LogP contribution in [0.3, 0.4) is 0 Å². The summed E-state index contributed by atoms with van der Waals surface area (Å²) >= 11 is 8.02. The summed E-state index contributed by atoms with van der Waals surface area (Å²) < 4.78 is 0. The minimum Gasteiger partial charge on any atom is -0.354 e. The summed E-state index contributed by atoms with van der Waals surface area (Å²) in [6.07, 6.45) is 6.55. The van der Waals surface area contributed by atoms with E-state index < -0.39 is 0 Å². The van der Waals surface area contributed by atoms with Gasteiger partial charge in [-0.3, -0.25) is 9.78 Å². The van der Waals surface area contributed by atoms with E-state index in [1.807, 2.05) is 37.4 Å². The standard InChI is InChI=1S/C21H24ClN5OS/c1-14-24-21(28)19(29-14)11-15-4-5-17(22)16(10-15)18-12-23-13-20(25-18)27-7-3-6-26(2)8-9-27/h4-5,10-14H,3,6-9H2,1-2H3,(H,24,28)/b19-11-. The Morgan fingerprint density at radius 2 is 2.10 bits per heavy atom. The van der Waals surface area contributed by atoms with Crippen molar-refractivity contribution in [3.63, 3.8) is 0 Å². The maximum Gasteiger partial charge on any atom is 0.258 e. The number of hydrogen-bond acceptors (Lipinski definition) is 6. The monoisotopic (exact) mass is 429 g/mol. The fourth-order valence-electron chi connectivity index (χ4n) is 3.52. The minimum absolute atomic E-state index is 0.0353. The van der Waals surface area contributed by atoms with Gasteiger partial charge in [-0.2, -0.15) is 0 Å². The van der Waals surface area contributed by atoms with Gasteiger partial charge in [-0.15, -0.1) is 0 Å². The van der Waals surface area contributed by atoms with Crippen molar-refractivity contribution in [2.24, 2.45) is 0 Å². The Morgan fingerprint density at radius 3 is 2.90 bits per heavy atom. The zero-order valence-corrected chi connectivity index (χ0v) is 18.1. The first-order chi connectivity index (χ1) is 14.0. The molecule has 1 aromatic heterocycles. The lowest BCUT2D eigenvalue weighted by Crippen LogP contribution is -2.29. The Morgan fingerprint density at radius 1 is 1.24 bits per heavy atom. The van der Waals surface area contributed by atoms with Crippen LogP contribution in [0.2, 0.25) is 5.02 Å². The number of nitrogens with zero attached hydrogens (tertiary/aromatic N) is 4. The first kappa shape index (κ1) is 20.2. The van der Waals surface area contributed by atoms with Crippen LogP contribution in [-0.4, -0.2) is 59.4 Å². The molecule has 29 heavy (non-hydrogen) atoms. The van der Waals surface area contributed by atoms with Crippen LogP contribution in [0.1, 0.15) is 18.9 Å². The number of anilines is 1. The molecule has 2 saturated heterocycles. The second-order valence-corrected chi connectivity index (χ2v) is 9.18. The number of carbonyl (C=O) groups excluding carboxylic acids is 1. The zero-order valence-electron chi connectivity index (χ0n) is 16.6. The minimum atomic E-state index is -0.0353. The Kier molecular flexibility index (Phi) is 6.08. The Hall–Kier alpha value is -2.09. The van der Waals surface area contributed by atoms with Crippen molar-refractivity contribution in [3.05, 3.63) is 46.1 Å². The fourth-order valence-corrected chi connectivity index (χ4v) is 4.65. The van der Waals surface area contributed by atoms with Crippen molar-refractivity contribution in [2.75, 3.05) is 38.1 Å². The number of rotatable bonds is 3. The van der Waals surface area contributed by atoms with Crippen molar-refractivity contribution in [1.29, 1.82) is 0 Å². The molecular weight excluding hydrogens is 406 g/mol. The van der Waals surface area contributed by atoms with Gasteiger partial charge in [0.15, 0.2) is 0 Å². The van der Waals surface area contributed by atoms with E-state index in [9.17, 15) is 4.79 Å². The largest absolute Gasteiger partial charge is 0.354 e. The number of amides is 1. The summed E-state index contributed by atoms with van der Waals surface area (Å²) in [6.45, 7) is 5.97. The second kappa shape index (κ2) is 8.73. The van der Waals surface area contributed by atoms with E-state index in [0.717, 1.165) is 55.2 Å². The molecule has 0 radical (unpaired) electrons. The highest BCUT2D eigenvalue weighted by Crippen LogP contribution is 2.32. The van der Waals surface area contributed by atoms with Crippen LogP contribution >= 0.6 is 23.4 Å². The molecule has 1 unspecified atom stereocenters. The SMILES string of the molecule is CC1NC(=O)/C(=C/c2ccc(Cl)c(-c3cncc(N4CCCN(C)CC4)n3)c2)S1. The van der Waals surface area contributed by atoms with Crippen LogP contribution in [0.5, 0.6) is 0 Å². The molecule has 6 nitrogen and oxygen atoms in total. The molecule has 2 aliphatic heterocycles. The predicted octanol–water partition coefficient (Wildman–Crippen LogP) is 3.49. The molecule has 1 amide bonds. The van der Waals surface area contributed by atoms with Gasteiger partial charge >= 0.3 is 0 Å². The molecule has 0 bridgehead atoms. The van der Waals surface area contributed by atoms with Gasteiger partial charge in [0.05, 0.1) is 33.4 Å². The molecule has 2 aromatic rings. The summed E-state index contributed by atoms with van der Waals surface area (Å²) in [5.74, 6) is 0.837. The van der Waals surface area contributed by atoms with E-state index in [0.29, 0.717) is 9.93 Å². The van der Waals surface area contributed by atoms with Crippen molar-refractivity contribution < 1.29 is 4.79 Å². The van der Waals surface area contributed by atoms with Crippen LogP contribution in [0.25, 0.3) is 17.3 Å². The highest BCUT2D eigenvalue weighted by atomic mass is 35.5. The molecule has 0 spiro atoms. The quantitative estimate of drug-likeness (QED) is 0.753. The highest BCUT2D eigenvalue weighted by molar-refractivity contribution is 8.05. The first-order valence-electron chi connectivity index (χ1n) is 9.74. The molecule has 8 heteroatoms. The average Bonchev–Trinajstić information content (AvgIpc) is 2.89. The lowest BCUT2D eigenvalue weighted by atomic mass is 10.1. The van der Waals surface area contributed by atoms with Gasteiger partial charge in [-0.1, -0.05) is 29.4 Å². The summed E-state index contributed by atoms with van der Waals surface area (Å²) in [5, 5.41) is 3.61. The van der Waals surface area contributed by atoms with Crippen molar-refractivity contribution in [1.82, 2.24) is 20.2 Å². The Bertz CT molecular complexity index is 950. The second-order valence-electron chi connectivity index (χ2n) is 7.39. The number of likely N-dealkylation sites (N-methyl/N-ethyl adjacent to an activating group) is 1. The van der Waals surface area contributed by atoms with Crippen LogP contribution in [0.4, 0.5) is 5.82 Å². The summed E-state index contributed by atoms with van der Waals surface area (Å²) in [6, 6.07) is 5.73. The maximum atomic E-state index is 12.0.